The van der Waals surface area contributed by atoms with Gasteiger partial charge in [0.15, 0.2) is 0 Å². The lowest BCUT2D eigenvalue weighted by Gasteiger charge is -2.11. The maximum Gasteiger partial charge on any atom is 0.573 e. The predicted octanol–water partition coefficient (Wildman–Crippen LogP) is 8.57. The first-order valence-corrected chi connectivity index (χ1v) is 12.0. The Hall–Kier alpha value is -3.60. The molecule has 0 aliphatic heterocycles. The number of halogens is 4. The Morgan fingerprint density at radius 1 is 0.667 bits per heavy atom. The quantitative estimate of drug-likeness (QED) is 0.159. The highest BCUT2D eigenvalue weighted by Gasteiger charge is 2.30. The van der Waals surface area contributed by atoms with Gasteiger partial charge in [0.25, 0.3) is 0 Å². The van der Waals surface area contributed by atoms with Crippen LogP contribution >= 0.6 is 0 Å². The molecule has 0 aliphatic carbocycles. The molecule has 0 radical (unpaired) electrons. The number of fused-ring (bicyclic) bond motifs is 1. The van der Waals surface area contributed by atoms with Crippen molar-refractivity contribution in [2.75, 3.05) is 0 Å². The summed E-state index contributed by atoms with van der Waals surface area (Å²) < 4.78 is 56.0. The van der Waals surface area contributed by atoms with E-state index in [2.05, 4.69) is 35.6 Å². The molecule has 0 atom stereocenters. The summed E-state index contributed by atoms with van der Waals surface area (Å²) in [4.78, 5) is 0. The molecule has 0 heterocycles. The number of alkyl halides is 3. The normalized spacial score (nSPS) is 11.6. The Bertz CT molecular complexity index is 1310. The molecule has 0 fully saturated rings. The summed E-state index contributed by atoms with van der Waals surface area (Å²) in [7, 11) is 0. The second-order valence-electron chi connectivity index (χ2n) is 8.93. The molecule has 186 valence electrons. The molecule has 0 aliphatic rings. The average molecular weight is 493 g/mol. The van der Waals surface area contributed by atoms with Crippen LogP contribution in [0, 0.1) is 5.82 Å². The van der Waals surface area contributed by atoms with Crippen LogP contribution in [0.1, 0.15) is 34.2 Å². The van der Waals surface area contributed by atoms with E-state index < -0.39 is 6.36 Å². The van der Waals surface area contributed by atoms with Gasteiger partial charge in [-0.3, -0.25) is 0 Å². The van der Waals surface area contributed by atoms with Gasteiger partial charge in [-0.25, -0.2) is 4.39 Å². The van der Waals surface area contributed by atoms with Gasteiger partial charge < -0.3 is 4.74 Å². The average Bonchev–Trinajstić information content (AvgIpc) is 2.86. The topological polar surface area (TPSA) is 9.23 Å². The van der Waals surface area contributed by atoms with E-state index in [0.717, 1.165) is 42.2 Å². The lowest BCUT2D eigenvalue weighted by Crippen LogP contribution is -2.17. The number of allylic oxidation sites excluding steroid dienone is 1. The fourth-order valence-corrected chi connectivity index (χ4v) is 4.30. The van der Waals surface area contributed by atoms with Crippen LogP contribution in [0.3, 0.4) is 0 Å². The van der Waals surface area contributed by atoms with E-state index in [0.29, 0.717) is 23.8 Å². The maximum atomic E-state index is 15.2. The van der Waals surface area contributed by atoms with Gasteiger partial charge >= 0.3 is 6.36 Å². The van der Waals surface area contributed by atoms with E-state index in [4.69, 9.17) is 0 Å². The standard InChI is InChI=1S/C31H28F4O/c1-2-3-4-22-5-7-23(8-6-22)9-10-25-14-20-29-27(21-25)17-16-26(30(29)32)15-11-24-12-18-28(19-13-24)36-31(33,34)35/h2,5-8,12-14,16-21H,1,3-4,9-11,15H2. The van der Waals surface area contributed by atoms with Gasteiger partial charge in [-0.1, -0.05) is 72.8 Å². The summed E-state index contributed by atoms with van der Waals surface area (Å²) in [6.07, 6.45) is 1.95. The Morgan fingerprint density at radius 3 is 1.86 bits per heavy atom. The van der Waals surface area contributed by atoms with Crippen LogP contribution in [0.2, 0.25) is 0 Å². The second-order valence-corrected chi connectivity index (χ2v) is 8.93. The van der Waals surface area contributed by atoms with Gasteiger partial charge in [-0.2, -0.15) is 0 Å². The number of aryl methyl sites for hydroxylation is 5. The molecule has 0 saturated carbocycles. The lowest BCUT2D eigenvalue weighted by atomic mass is 9.97. The summed E-state index contributed by atoms with van der Waals surface area (Å²) in [6.45, 7) is 3.77. The first-order chi connectivity index (χ1) is 17.3. The fourth-order valence-electron chi connectivity index (χ4n) is 4.30. The van der Waals surface area contributed by atoms with Crippen molar-refractivity contribution in [3.8, 4) is 5.75 Å². The van der Waals surface area contributed by atoms with Crippen molar-refractivity contribution in [2.45, 2.75) is 44.9 Å². The van der Waals surface area contributed by atoms with E-state index in [-0.39, 0.29) is 11.6 Å². The van der Waals surface area contributed by atoms with Crippen molar-refractivity contribution in [3.63, 3.8) is 0 Å². The minimum Gasteiger partial charge on any atom is -0.406 e. The zero-order valence-electron chi connectivity index (χ0n) is 20.0. The third-order valence-corrected chi connectivity index (χ3v) is 6.30. The van der Waals surface area contributed by atoms with Gasteiger partial charge in [0, 0.05) is 5.39 Å². The van der Waals surface area contributed by atoms with Crippen molar-refractivity contribution in [3.05, 3.63) is 125 Å². The zero-order chi connectivity index (χ0) is 25.5. The molecular weight excluding hydrogens is 464 g/mol. The highest BCUT2D eigenvalue weighted by molar-refractivity contribution is 5.84. The molecule has 0 spiro atoms. The Morgan fingerprint density at radius 2 is 1.22 bits per heavy atom. The van der Waals surface area contributed by atoms with Gasteiger partial charge in [0.1, 0.15) is 11.6 Å². The number of benzene rings is 4. The number of ether oxygens (including phenoxy) is 1. The molecule has 0 aromatic heterocycles. The van der Waals surface area contributed by atoms with Crippen LogP contribution < -0.4 is 4.74 Å². The van der Waals surface area contributed by atoms with Crippen LogP contribution in [-0.4, -0.2) is 6.36 Å². The number of hydrogen-bond donors (Lipinski definition) is 0. The van der Waals surface area contributed by atoms with Gasteiger partial charge in [0.2, 0.25) is 0 Å². The van der Waals surface area contributed by atoms with Crippen molar-refractivity contribution < 1.29 is 22.3 Å². The minimum absolute atomic E-state index is 0.244. The molecule has 4 aromatic rings. The molecule has 5 heteroatoms. The third-order valence-electron chi connectivity index (χ3n) is 6.30. The van der Waals surface area contributed by atoms with Crippen LogP contribution in [0.25, 0.3) is 10.8 Å². The summed E-state index contributed by atoms with van der Waals surface area (Å²) in [5, 5.41) is 1.44. The fraction of sp³-hybridized carbons (Fsp3) is 0.226. The first-order valence-electron chi connectivity index (χ1n) is 12.0. The van der Waals surface area contributed by atoms with Crippen molar-refractivity contribution in [2.24, 2.45) is 0 Å². The summed E-state index contributed by atoms with van der Waals surface area (Å²) in [5.74, 6) is -0.509. The SMILES string of the molecule is C=CCCc1ccc(CCc2ccc3c(F)c(CCc4ccc(OC(F)(F)F)cc4)ccc3c2)cc1. The summed E-state index contributed by atoms with van der Waals surface area (Å²) >= 11 is 0. The van der Waals surface area contributed by atoms with Crippen LogP contribution in [-0.2, 0) is 32.1 Å². The summed E-state index contributed by atoms with van der Waals surface area (Å²) in [5.41, 5.74) is 5.14. The highest BCUT2D eigenvalue weighted by Crippen LogP contribution is 2.26. The van der Waals surface area contributed by atoms with E-state index in [1.807, 2.05) is 30.3 Å². The molecule has 0 bridgehead atoms. The van der Waals surface area contributed by atoms with E-state index in [9.17, 15) is 13.2 Å². The monoisotopic (exact) mass is 492 g/mol. The van der Waals surface area contributed by atoms with E-state index in [1.54, 1.807) is 18.2 Å². The smallest absolute Gasteiger partial charge is 0.406 e. The van der Waals surface area contributed by atoms with Gasteiger partial charge in [0.05, 0.1) is 0 Å². The van der Waals surface area contributed by atoms with Crippen molar-refractivity contribution in [1.82, 2.24) is 0 Å². The first kappa shape index (κ1) is 25.5. The van der Waals surface area contributed by atoms with Crippen LogP contribution in [0.4, 0.5) is 17.6 Å². The van der Waals surface area contributed by atoms with E-state index >= 15 is 4.39 Å². The molecular formula is C31H28F4O. The summed E-state index contributed by atoms with van der Waals surface area (Å²) in [6, 6.07) is 24.0. The molecule has 0 unspecified atom stereocenters. The molecule has 4 aromatic carbocycles. The zero-order valence-corrected chi connectivity index (χ0v) is 20.0. The number of rotatable bonds is 10. The second kappa shape index (κ2) is 11.4. The van der Waals surface area contributed by atoms with Gasteiger partial charge in [-0.15, -0.1) is 19.8 Å². The molecule has 0 amide bonds. The lowest BCUT2D eigenvalue weighted by molar-refractivity contribution is -0.274. The van der Waals surface area contributed by atoms with Crippen LogP contribution in [0.15, 0.2) is 91.5 Å². The Labute approximate surface area is 209 Å². The van der Waals surface area contributed by atoms with E-state index in [1.165, 1.54) is 23.3 Å². The minimum atomic E-state index is -4.72. The molecule has 0 N–H and O–H groups in total. The van der Waals surface area contributed by atoms with Crippen molar-refractivity contribution in [1.29, 1.82) is 0 Å². The molecule has 1 nitrogen and oxygen atoms in total. The van der Waals surface area contributed by atoms with Gasteiger partial charge in [-0.05, 0) is 83.9 Å². The highest BCUT2D eigenvalue weighted by atomic mass is 19.4. The van der Waals surface area contributed by atoms with Crippen LogP contribution in [0.5, 0.6) is 5.75 Å². The number of hydrogen-bond acceptors (Lipinski definition) is 1. The molecule has 36 heavy (non-hydrogen) atoms. The predicted molar refractivity (Wildman–Crippen MR) is 137 cm³/mol. The molecule has 0 saturated heterocycles. The molecule has 4 rings (SSSR count). The Kier molecular flexibility index (Phi) is 8.09. The Balaban J connectivity index is 1.37. The van der Waals surface area contributed by atoms with Crippen molar-refractivity contribution >= 4 is 10.8 Å². The largest absolute Gasteiger partial charge is 0.573 e. The maximum absolute atomic E-state index is 15.2. The third kappa shape index (κ3) is 6.97.